The van der Waals surface area contributed by atoms with Gasteiger partial charge >= 0.3 is 0 Å². The quantitative estimate of drug-likeness (QED) is 0.817. The van der Waals surface area contributed by atoms with Crippen LogP contribution in [0.3, 0.4) is 0 Å². The Morgan fingerprint density at radius 3 is 2.30 bits per heavy atom. The molecular weight excluding hydrogens is 266 g/mol. The van der Waals surface area contributed by atoms with E-state index < -0.39 is 0 Å². The molecule has 0 radical (unpaired) electrons. The average molecular weight is 288 g/mol. The van der Waals surface area contributed by atoms with Crippen LogP contribution in [0.25, 0.3) is 0 Å². The Balaban J connectivity index is 1.85. The van der Waals surface area contributed by atoms with Gasteiger partial charge in [-0.15, -0.1) is 0 Å². The van der Waals surface area contributed by atoms with E-state index in [-0.39, 0.29) is 0 Å². The third-order valence-electron chi connectivity index (χ3n) is 3.57. The largest absolute Gasteiger partial charge is 0.310 e. The minimum absolute atomic E-state index is 0.403. The highest BCUT2D eigenvalue weighted by Crippen LogP contribution is 2.16. The van der Waals surface area contributed by atoms with E-state index in [4.69, 9.17) is 11.6 Å². The van der Waals surface area contributed by atoms with Crippen LogP contribution in [-0.2, 0) is 19.4 Å². The van der Waals surface area contributed by atoms with Crippen molar-refractivity contribution < 1.29 is 0 Å². The van der Waals surface area contributed by atoms with Gasteiger partial charge in [0, 0.05) is 17.6 Å². The van der Waals surface area contributed by atoms with Crippen LogP contribution in [0.1, 0.15) is 30.5 Å². The Kier molecular flexibility index (Phi) is 5.63. The molecule has 1 unspecified atom stereocenters. The lowest BCUT2D eigenvalue weighted by Crippen LogP contribution is -2.27. The van der Waals surface area contributed by atoms with Crippen molar-refractivity contribution in [2.45, 2.75) is 39.3 Å². The fourth-order valence-corrected chi connectivity index (χ4v) is 2.46. The van der Waals surface area contributed by atoms with Crippen LogP contribution in [0.5, 0.6) is 0 Å². The Labute approximate surface area is 127 Å². The van der Waals surface area contributed by atoms with Crippen molar-refractivity contribution in [1.29, 1.82) is 0 Å². The minimum Gasteiger partial charge on any atom is -0.310 e. The van der Waals surface area contributed by atoms with Crippen LogP contribution in [0.2, 0.25) is 5.02 Å². The summed E-state index contributed by atoms with van der Waals surface area (Å²) in [6, 6.07) is 17.3. The number of hydrogen-bond donors (Lipinski definition) is 1. The molecule has 2 heteroatoms. The van der Waals surface area contributed by atoms with Crippen LogP contribution >= 0.6 is 11.6 Å². The summed E-state index contributed by atoms with van der Waals surface area (Å²) in [5, 5.41) is 4.41. The normalized spacial score (nSPS) is 12.3. The standard InChI is InChI=1S/C18H22ClN/c1-3-15-8-10-16(11-9-15)13-20-14(2)12-17-6-4-5-7-18(17)19/h4-11,14,20H,3,12-13H2,1-2H3. The number of hydrogen-bond acceptors (Lipinski definition) is 1. The van der Waals surface area contributed by atoms with Crippen molar-refractivity contribution in [3.05, 3.63) is 70.2 Å². The van der Waals surface area contributed by atoms with Crippen molar-refractivity contribution in [1.82, 2.24) is 5.32 Å². The average Bonchev–Trinajstić information content (AvgIpc) is 2.48. The van der Waals surface area contributed by atoms with Crippen LogP contribution in [-0.4, -0.2) is 6.04 Å². The van der Waals surface area contributed by atoms with Crippen molar-refractivity contribution in [3.63, 3.8) is 0 Å². The van der Waals surface area contributed by atoms with E-state index in [0.29, 0.717) is 6.04 Å². The Bertz CT molecular complexity index is 533. The van der Waals surface area contributed by atoms with Gasteiger partial charge in [-0.3, -0.25) is 0 Å². The van der Waals surface area contributed by atoms with Gasteiger partial charge in [-0.05, 0) is 42.5 Å². The lowest BCUT2D eigenvalue weighted by atomic mass is 10.1. The van der Waals surface area contributed by atoms with Gasteiger partial charge in [0.05, 0.1) is 0 Å². The summed E-state index contributed by atoms with van der Waals surface area (Å²) in [7, 11) is 0. The van der Waals surface area contributed by atoms with Crippen molar-refractivity contribution in [2.75, 3.05) is 0 Å². The zero-order chi connectivity index (χ0) is 14.4. The topological polar surface area (TPSA) is 12.0 Å². The molecule has 2 aromatic carbocycles. The van der Waals surface area contributed by atoms with Crippen LogP contribution in [0.4, 0.5) is 0 Å². The molecule has 0 bridgehead atoms. The monoisotopic (exact) mass is 287 g/mol. The summed E-state index contributed by atoms with van der Waals surface area (Å²) >= 11 is 6.19. The predicted molar refractivity (Wildman–Crippen MR) is 87.3 cm³/mol. The molecule has 0 fully saturated rings. The first-order valence-electron chi connectivity index (χ1n) is 7.23. The van der Waals surface area contributed by atoms with Gasteiger partial charge < -0.3 is 5.32 Å². The van der Waals surface area contributed by atoms with E-state index in [2.05, 4.69) is 49.5 Å². The molecule has 0 spiro atoms. The molecule has 0 heterocycles. The third kappa shape index (κ3) is 4.36. The molecule has 1 atom stereocenters. The Hall–Kier alpha value is -1.31. The van der Waals surface area contributed by atoms with E-state index in [1.54, 1.807) is 0 Å². The number of benzene rings is 2. The molecule has 0 amide bonds. The molecule has 0 aliphatic carbocycles. The molecular formula is C18H22ClN. The Morgan fingerprint density at radius 2 is 1.65 bits per heavy atom. The molecule has 1 N–H and O–H groups in total. The molecule has 0 aliphatic rings. The maximum atomic E-state index is 6.19. The van der Waals surface area contributed by atoms with Crippen molar-refractivity contribution >= 4 is 11.6 Å². The van der Waals surface area contributed by atoms with Gasteiger partial charge in [0.25, 0.3) is 0 Å². The van der Waals surface area contributed by atoms with E-state index in [1.807, 2.05) is 18.2 Å². The fraction of sp³-hybridized carbons (Fsp3) is 0.333. The van der Waals surface area contributed by atoms with E-state index >= 15 is 0 Å². The molecule has 2 rings (SSSR count). The van der Waals surface area contributed by atoms with Gasteiger partial charge in [-0.25, -0.2) is 0 Å². The van der Waals surface area contributed by atoms with Crippen molar-refractivity contribution in [2.24, 2.45) is 0 Å². The van der Waals surface area contributed by atoms with Gasteiger partial charge in [0.15, 0.2) is 0 Å². The summed E-state index contributed by atoms with van der Waals surface area (Å²) in [5.74, 6) is 0. The first-order chi connectivity index (χ1) is 9.69. The number of nitrogens with one attached hydrogen (secondary N) is 1. The molecule has 0 saturated heterocycles. The fourth-order valence-electron chi connectivity index (χ4n) is 2.25. The van der Waals surface area contributed by atoms with Crippen LogP contribution in [0.15, 0.2) is 48.5 Å². The smallest absolute Gasteiger partial charge is 0.0438 e. The highest BCUT2D eigenvalue weighted by molar-refractivity contribution is 6.31. The second-order valence-corrected chi connectivity index (χ2v) is 5.65. The highest BCUT2D eigenvalue weighted by Gasteiger charge is 2.06. The van der Waals surface area contributed by atoms with Gasteiger partial charge in [0.1, 0.15) is 0 Å². The first-order valence-corrected chi connectivity index (χ1v) is 7.61. The van der Waals surface area contributed by atoms with E-state index in [1.165, 1.54) is 16.7 Å². The zero-order valence-electron chi connectivity index (χ0n) is 12.2. The second-order valence-electron chi connectivity index (χ2n) is 5.25. The molecule has 106 valence electrons. The van der Waals surface area contributed by atoms with Crippen LogP contribution < -0.4 is 5.32 Å². The second kappa shape index (κ2) is 7.47. The molecule has 2 aromatic rings. The number of halogens is 1. The lowest BCUT2D eigenvalue weighted by Gasteiger charge is -2.15. The summed E-state index contributed by atoms with van der Waals surface area (Å²) in [6.45, 7) is 5.28. The summed E-state index contributed by atoms with van der Waals surface area (Å²) in [4.78, 5) is 0. The maximum Gasteiger partial charge on any atom is 0.0438 e. The molecule has 20 heavy (non-hydrogen) atoms. The summed E-state index contributed by atoms with van der Waals surface area (Å²) in [6.07, 6.45) is 2.04. The minimum atomic E-state index is 0.403. The molecule has 1 nitrogen and oxygen atoms in total. The first kappa shape index (κ1) is 15.1. The Morgan fingerprint density at radius 1 is 1.00 bits per heavy atom. The number of aryl methyl sites for hydroxylation is 1. The van der Waals surface area contributed by atoms with E-state index in [9.17, 15) is 0 Å². The van der Waals surface area contributed by atoms with Gasteiger partial charge in [0.2, 0.25) is 0 Å². The molecule has 0 aromatic heterocycles. The molecule has 0 saturated carbocycles. The number of rotatable bonds is 6. The van der Waals surface area contributed by atoms with Gasteiger partial charge in [-0.2, -0.15) is 0 Å². The van der Waals surface area contributed by atoms with Gasteiger partial charge in [-0.1, -0.05) is 61.0 Å². The predicted octanol–water partition coefficient (Wildman–Crippen LogP) is 4.62. The summed E-state index contributed by atoms with van der Waals surface area (Å²) < 4.78 is 0. The zero-order valence-corrected chi connectivity index (χ0v) is 13.0. The lowest BCUT2D eigenvalue weighted by molar-refractivity contribution is 0.545. The highest BCUT2D eigenvalue weighted by atomic mass is 35.5. The van der Waals surface area contributed by atoms with Crippen molar-refractivity contribution in [3.8, 4) is 0 Å². The summed E-state index contributed by atoms with van der Waals surface area (Å²) in [5.41, 5.74) is 3.92. The maximum absolute atomic E-state index is 6.19. The molecule has 0 aliphatic heterocycles. The van der Waals surface area contributed by atoms with E-state index in [0.717, 1.165) is 24.4 Å². The SMILES string of the molecule is CCc1ccc(CNC(C)Cc2ccccc2Cl)cc1. The van der Waals surface area contributed by atoms with Crippen LogP contribution in [0, 0.1) is 0 Å². The third-order valence-corrected chi connectivity index (χ3v) is 3.94.